The number of nitro benzene ring substituents is 1. The molecule has 3 rings (SSSR count). The van der Waals surface area contributed by atoms with E-state index in [0.717, 1.165) is 11.4 Å². The van der Waals surface area contributed by atoms with E-state index in [1.807, 2.05) is 13.8 Å². The number of rotatable bonds is 7. The van der Waals surface area contributed by atoms with Crippen LogP contribution in [0.5, 0.6) is 0 Å². The number of nitrogens with zero attached hydrogens (tertiary/aromatic N) is 4. The van der Waals surface area contributed by atoms with Gasteiger partial charge < -0.3 is 4.42 Å². The number of furan rings is 1. The molecular weight excluding hydrogens is 410 g/mol. The van der Waals surface area contributed by atoms with Crippen LogP contribution in [0.4, 0.5) is 5.69 Å². The third-order valence-corrected chi connectivity index (χ3v) is 4.77. The number of carbonyl (C=O) groups is 1. The number of hydrogen-bond donors (Lipinski definition) is 1. The Morgan fingerprint density at radius 1 is 1.33 bits per heavy atom. The Hall–Kier alpha value is -3.72. The highest BCUT2D eigenvalue weighted by Gasteiger charge is 2.14. The SMILES string of the molecule is Cc1nn(Cc2ccc(C(=O)N/N=C/C=C/c3ccccc3[N+](=O)[O-])o2)c(C)c1Cl. The van der Waals surface area contributed by atoms with Gasteiger partial charge in [0.25, 0.3) is 5.69 Å². The van der Waals surface area contributed by atoms with Gasteiger partial charge in [-0.25, -0.2) is 5.43 Å². The Morgan fingerprint density at radius 3 is 2.80 bits per heavy atom. The molecule has 1 amide bonds. The Balaban J connectivity index is 1.58. The Bertz CT molecular complexity index is 1150. The van der Waals surface area contributed by atoms with E-state index in [4.69, 9.17) is 16.0 Å². The standard InChI is InChI=1S/C20H18ClN5O4/c1-13-19(21)14(2)25(24-13)12-16-9-10-18(30-16)20(27)23-22-11-5-7-15-6-3-4-8-17(15)26(28)29/h3-11H,12H2,1-2H3,(H,23,27)/b7-5+,22-11+. The molecule has 2 heterocycles. The summed E-state index contributed by atoms with van der Waals surface area (Å²) in [7, 11) is 0. The highest BCUT2D eigenvalue weighted by molar-refractivity contribution is 6.31. The summed E-state index contributed by atoms with van der Waals surface area (Å²) in [6, 6.07) is 9.52. The molecule has 0 atom stereocenters. The molecule has 1 N–H and O–H groups in total. The van der Waals surface area contributed by atoms with Crippen molar-refractivity contribution >= 4 is 35.5 Å². The second-order valence-corrected chi connectivity index (χ2v) is 6.68. The van der Waals surface area contributed by atoms with Gasteiger partial charge in [0.2, 0.25) is 0 Å². The zero-order valence-corrected chi connectivity index (χ0v) is 17.0. The average Bonchev–Trinajstić information content (AvgIpc) is 3.29. The maximum absolute atomic E-state index is 12.1. The summed E-state index contributed by atoms with van der Waals surface area (Å²) in [4.78, 5) is 22.6. The molecule has 0 bridgehead atoms. The van der Waals surface area contributed by atoms with Crippen LogP contribution in [0.15, 0.2) is 52.0 Å². The van der Waals surface area contributed by atoms with E-state index in [0.29, 0.717) is 22.9 Å². The number of allylic oxidation sites excluding steroid dienone is 1. The molecule has 0 spiro atoms. The van der Waals surface area contributed by atoms with Crippen molar-refractivity contribution < 1.29 is 14.1 Å². The molecule has 0 aliphatic carbocycles. The number of benzene rings is 1. The van der Waals surface area contributed by atoms with Crippen LogP contribution in [0.25, 0.3) is 6.08 Å². The minimum atomic E-state index is -0.525. The van der Waals surface area contributed by atoms with Gasteiger partial charge in [0.05, 0.1) is 33.4 Å². The highest BCUT2D eigenvalue weighted by Crippen LogP contribution is 2.21. The minimum absolute atomic E-state index is 0.0156. The van der Waals surface area contributed by atoms with Crippen LogP contribution >= 0.6 is 11.6 Å². The van der Waals surface area contributed by atoms with Crippen molar-refractivity contribution in [2.24, 2.45) is 5.10 Å². The number of hydrazone groups is 1. The van der Waals surface area contributed by atoms with Crippen LogP contribution in [0, 0.1) is 24.0 Å². The van der Waals surface area contributed by atoms with Crippen molar-refractivity contribution in [1.82, 2.24) is 15.2 Å². The summed E-state index contributed by atoms with van der Waals surface area (Å²) >= 11 is 6.13. The van der Waals surface area contributed by atoms with Gasteiger partial charge in [0.1, 0.15) is 5.76 Å². The van der Waals surface area contributed by atoms with Crippen LogP contribution in [0.2, 0.25) is 5.02 Å². The van der Waals surface area contributed by atoms with E-state index in [1.165, 1.54) is 30.5 Å². The monoisotopic (exact) mass is 427 g/mol. The number of nitro groups is 1. The van der Waals surface area contributed by atoms with E-state index in [1.54, 1.807) is 28.9 Å². The van der Waals surface area contributed by atoms with Crippen LogP contribution in [0.3, 0.4) is 0 Å². The maximum atomic E-state index is 12.1. The normalized spacial score (nSPS) is 11.4. The molecule has 0 saturated heterocycles. The van der Waals surface area contributed by atoms with Gasteiger partial charge in [-0.2, -0.15) is 10.2 Å². The fourth-order valence-electron chi connectivity index (χ4n) is 2.70. The molecule has 0 aliphatic heterocycles. The lowest BCUT2D eigenvalue weighted by atomic mass is 10.2. The van der Waals surface area contributed by atoms with E-state index in [-0.39, 0.29) is 11.4 Å². The molecule has 0 radical (unpaired) electrons. The molecule has 30 heavy (non-hydrogen) atoms. The summed E-state index contributed by atoms with van der Waals surface area (Å²) < 4.78 is 7.24. The zero-order valence-electron chi connectivity index (χ0n) is 16.2. The molecule has 0 aliphatic rings. The molecule has 154 valence electrons. The lowest BCUT2D eigenvalue weighted by Crippen LogP contribution is -2.16. The van der Waals surface area contributed by atoms with E-state index in [2.05, 4.69) is 15.6 Å². The van der Waals surface area contributed by atoms with Crippen molar-refractivity contribution in [3.63, 3.8) is 0 Å². The summed E-state index contributed by atoms with van der Waals surface area (Å²) in [6.45, 7) is 4.01. The van der Waals surface area contributed by atoms with Crippen LogP contribution in [-0.2, 0) is 6.54 Å². The number of hydrogen-bond acceptors (Lipinski definition) is 6. The van der Waals surface area contributed by atoms with E-state index < -0.39 is 10.8 Å². The lowest BCUT2D eigenvalue weighted by molar-refractivity contribution is -0.385. The first-order valence-corrected chi connectivity index (χ1v) is 9.26. The number of para-hydroxylation sites is 1. The Morgan fingerprint density at radius 2 is 2.10 bits per heavy atom. The second kappa shape index (κ2) is 9.19. The van der Waals surface area contributed by atoms with Crippen molar-refractivity contribution in [1.29, 1.82) is 0 Å². The van der Waals surface area contributed by atoms with Gasteiger partial charge in [-0.1, -0.05) is 23.7 Å². The van der Waals surface area contributed by atoms with Crippen molar-refractivity contribution in [3.05, 3.63) is 86.1 Å². The molecule has 10 heteroatoms. The zero-order chi connectivity index (χ0) is 21.7. The van der Waals surface area contributed by atoms with Crippen molar-refractivity contribution in [2.75, 3.05) is 0 Å². The number of nitrogens with one attached hydrogen (secondary N) is 1. The van der Waals surface area contributed by atoms with Gasteiger partial charge in [0.15, 0.2) is 5.76 Å². The number of aromatic nitrogens is 2. The topological polar surface area (TPSA) is 116 Å². The third-order valence-electron chi connectivity index (χ3n) is 4.22. The number of aryl methyl sites for hydroxylation is 1. The van der Waals surface area contributed by atoms with Gasteiger partial charge in [-0.05, 0) is 44.2 Å². The first kappa shape index (κ1) is 21.0. The first-order chi connectivity index (χ1) is 14.4. The lowest BCUT2D eigenvalue weighted by Gasteiger charge is -2.01. The summed E-state index contributed by atoms with van der Waals surface area (Å²) in [5, 5.41) is 19.7. The smallest absolute Gasteiger partial charge is 0.307 e. The van der Waals surface area contributed by atoms with Crippen LogP contribution < -0.4 is 5.43 Å². The molecule has 2 aromatic heterocycles. The fraction of sp³-hybridized carbons (Fsp3) is 0.150. The van der Waals surface area contributed by atoms with Gasteiger partial charge in [-0.15, -0.1) is 0 Å². The quantitative estimate of drug-likeness (QED) is 0.345. The van der Waals surface area contributed by atoms with Crippen LogP contribution in [-0.4, -0.2) is 26.8 Å². The highest BCUT2D eigenvalue weighted by atomic mass is 35.5. The summed E-state index contributed by atoms with van der Waals surface area (Å²) in [6.07, 6.45) is 4.33. The predicted octanol–water partition coefficient (Wildman–Crippen LogP) is 4.13. The molecule has 0 fully saturated rings. The van der Waals surface area contributed by atoms with Gasteiger partial charge in [0, 0.05) is 12.3 Å². The summed E-state index contributed by atoms with van der Waals surface area (Å²) in [5.41, 5.74) is 4.28. The molecular formula is C20H18ClN5O4. The number of carbonyl (C=O) groups excluding carboxylic acids is 1. The summed E-state index contributed by atoms with van der Waals surface area (Å²) in [5.74, 6) is 0.114. The second-order valence-electron chi connectivity index (χ2n) is 6.30. The molecule has 1 aromatic carbocycles. The first-order valence-electron chi connectivity index (χ1n) is 8.88. The number of halogens is 1. The third kappa shape index (κ3) is 4.81. The largest absolute Gasteiger partial charge is 0.454 e. The molecule has 0 unspecified atom stereocenters. The molecule has 9 nitrogen and oxygen atoms in total. The predicted molar refractivity (Wildman–Crippen MR) is 113 cm³/mol. The van der Waals surface area contributed by atoms with Gasteiger partial charge in [-0.3, -0.25) is 19.6 Å². The Labute approximate surface area is 176 Å². The van der Waals surface area contributed by atoms with E-state index >= 15 is 0 Å². The van der Waals surface area contributed by atoms with Gasteiger partial charge >= 0.3 is 5.91 Å². The molecule has 0 saturated carbocycles. The van der Waals surface area contributed by atoms with E-state index in [9.17, 15) is 14.9 Å². The average molecular weight is 428 g/mol. The Kier molecular flexibility index (Phi) is 6.43. The van der Waals surface area contributed by atoms with Crippen molar-refractivity contribution in [2.45, 2.75) is 20.4 Å². The number of amides is 1. The molecule has 3 aromatic rings. The maximum Gasteiger partial charge on any atom is 0.307 e. The minimum Gasteiger partial charge on any atom is -0.454 e. The van der Waals surface area contributed by atoms with Crippen LogP contribution in [0.1, 0.15) is 33.3 Å². The fourth-order valence-corrected chi connectivity index (χ4v) is 2.83. The van der Waals surface area contributed by atoms with Crippen molar-refractivity contribution in [3.8, 4) is 0 Å².